The first kappa shape index (κ1) is 16.4. The van der Waals surface area contributed by atoms with Crippen molar-refractivity contribution in [3.05, 3.63) is 107 Å². The smallest absolute Gasteiger partial charge is 0.104 e. The number of halogens is 1. The fourth-order valence-electron chi connectivity index (χ4n) is 3.83. The summed E-state index contributed by atoms with van der Waals surface area (Å²) in [5, 5.41) is 0. The number of aryl methyl sites for hydroxylation is 1. The van der Waals surface area contributed by atoms with E-state index in [0.29, 0.717) is 0 Å². The van der Waals surface area contributed by atoms with Gasteiger partial charge in [-0.15, -0.1) is 11.6 Å². The van der Waals surface area contributed by atoms with Gasteiger partial charge in [0.2, 0.25) is 0 Å². The molecule has 0 aliphatic heterocycles. The minimum Gasteiger partial charge on any atom is -0.104 e. The highest BCUT2D eigenvalue weighted by molar-refractivity contribution is 6.28. The first-order valence-corrected chi connectivity index (χ1v) is 9.48. The monoisotopic (exact) mass is 346 g/mol. The van der Waals surface area contributed by atoms with E-state index in [2.05, 4.69) is 79.7 Å². The van der Waals surface area contributed by atoms with Crippen LogP contribution in [0.2, 0.25) is 0 Å². The Bertz CT molecular complexity index is 847. The minimum atomic E-state index is -0.662. The van der Waals surface area contributed by atoms with E-state index in [1.807, 2.05) is 6.07 Å². The van der Waals surface area contributed by atoms with Crippen LogP contribution in [0.1, 0.15) is 53.0 Å². The van der Waals surface area contributed by atoms with Gasteiger partial charge in [-0.25, -0.2) is 0 Å². The summed E-state index contributed by atoms with van der Waals surface area (Å²) < 4.78 is 0. The molecule has 1 aliphatic rings. The van der Waals surface area contributed by atoms with Crippen molar-refractivity contribution in [2.24, 2.45) is 0 Å². The molecule has 0 spiro atoms. The molecule has 1 atom stereocenters. The lowest BCUT2D eigenvalue weighted by Gasteiger charge is -2.32. The van der Waals surface area contributed by atoms with Gasteiger partial charge in [-0.1, -0.05) is 85.3 Å². The van der Waals surface area contributed by atoms with Crippen molar-refractivity contribution in [3.63, 3.8) is 0 Å². The van der Waals surface area contributed by atoms with Gasteiger partial charge in [0.1, 0.15) is 4.87 Å². The molecule has 3 aromatic rings. The molecule has 1 aliphatic carbocycles. The molecular weight excluding hydrogens is 324 g/mol. The van der Waals surface area contributed by atoms with Gasteiger partial charge in [0.15, 0.2) is 0 Å². The van der Waals surface area contributed by atoms with Crippen molar-refractivity contribution in [1.82, 2.24) is 0 Å². The molecular formula is C24H23Cl. The summed E-state index contributed by atoms with van der Waals surface area (Å²) >= 11 is 7.40. The molecule has 0 saturated heterocycles. The van der Waals surface area contributed by atoms with Crippen LogP contribution in [0.3, 0.4) is 0 Å². The lowest BCUT2D eigenvalue weighted by atomic mass is 9.78. The summed E-state index contributed by atoms with van der Waals surface area (Å²) in [7, 11) is 0. The molecule has 4 rings (SSSR count). The quantitative estimate of drug-likeness (QED) is 0.360. The summed E-state index contributed by atoms with van der Waals surface area (Å²) in [5.41, 5.74) is 6.07. The van der Waals surface area contributed by atoms with Crippen molar-refractivity contribution in [1.29, 1.82) is 0 Å². The molecule has 1 unspecified atom stereocenters. The van der Waals surface area contributed by atoms with Crippen LogP contribution in [0, 0.1) is 6.92 Å². The Labute approximate surface area is 155 Å². The molecule has 0 amide bonds. The lowest BCUT2D eigenvalue weighted by molar-refractivity contribution is 0.419. The molecule has 126 valence electrons. The third kappa shape index (κ3) is 2.89. The van der Waals surface area contributed by atoms with Crippen molar-refractivity contribution >= 4 is 11.6 Å². The minimum absolute atomic E-state index is 0.662. The number of alkyl halides is 1. The molecule has 0 nitrogen and oxygen atoms in total. The average Bonchev–Trinajstić information content (AvgIpc) is 2.61. The van der Waals surface area contributed by atoms with Crippen LogP contribution >= 0.6 is 11.6 Å². The first-order chi connectivity index (χ1) is 12.2. The third-order valence-electron chi connectivity index (χ3n) is 5.57. The van der Waals surface area contributed by atoms with E-state index in [1.54, 1.807) is 0 Å². The van der Waals surface area contributed by atoms with E-state index in [9.17, 15) is 0 Å². The highest BCUT2D eigenvalue weighted by Crippen LogP contribution is 2.45. The van der Waals surface area contributed by atoms with Gasteiger partial charge in [-0.2, -0.15) is 0 Å². The SMILES string of the molecule is Cc1ccccc1C(Cl)(c1ccccc1)c1ccc(C2CCC2)cc1. The fraction of sp³-hybridized carbons (Fsp3) is 0.250. The number of hydrogen-bond acceptors (Lipinski definition) is 0. The van der Waals surface area contributed by atoms with Crippen LogP contribution in [0.25, 0.3) is 0 Å². The Morgan fingerprint density at radius 1 is 0.760 bits per heavy atom. The number of hydrogen-bond donors (Lipinski definition) is 0. The highest BCUT2D eigenvalue weighted by Gasteiger charge is 2.35. The topological polar surface area (TPSA) is 0 Å². The van der Waals surface area contributed by atoms with Crippen LogP contribution < -0.4 is 0 Å². The van der Waals surface area contributed by atoms with Gasteiger partial charge in [0.25, 0.3) is 0 Å². The predicted molar refractivity (Wildman–Crippen MR) is 106 cm³/mol. The maximum atomic E-state index is 7.40. The summed E-state index contributed by atoms with van der Waals surface area (Å²) in [6.07, 6.45) is 4.00. The van der Waals surface area contributed by atoms with E-state index in [4.69, 9.17) is 11.6 Å². The molecule has 0 heterocycles. The summed E-state index contributed by atoms with van der Waals surface area (Å²) in [5.74, 6) is 0.744. The second-order valence-electron chi connectivity index (χ2n) is 7.09. The molecule has 0 radical (unpaired) electrons. The van der Waals surface area contributed by atoms with E-state index in [1.165, 1.54) is 30.4 Å². The van der Waals surface area contributed by atoms with E-state index >= 15 is 0 Å². The molecule has 0 N–H and O–H groups in total. The zero-order valence-corrected chi connectivity index (χ0v) is 15.3. The Hall–Kier alpha value is -2.05. The summed E-state index contributed by atoms with van der Waals surface area (Å²) in [4.78, 5) is -0.662. The van der Waals surface area contributed by atoms with Crippen LogP contribution in [-0.4, -0.2) is 0 Å². The van der Waals surface area contributed by atoms with Gasteiger partial charge in [0, 0.05) is 0 Å². The average molecular weight is 347 g/mol. The zero-order chi connectivity index (χ0) is 17.3. The molecule has 1 saturated carbocycles. The van der Waals surface area contributed by atoms with E-state index in [0.717, 1.165) is 22.6 Å². The van der Waals surface area contributed by atoms with Crippen molar-refractivity contribution in [2.45, 2.75) is 37.0 Å². The van der Waals surface area contributed by atoms with Gasteiger partial charge < -0.3 is 0 Å². The molecule has 25 heavy (non-hydrogen) atoms. The third-order valence-corrected chi connectivity index (χ3v) is 6.21. The molecule has 0 aromatic heterocycles. The van der Waals surface area contributed by atoms with Crippen molar-refractivity contribution in [2.75, 3.05) is 0 Å². The number of benzene rings is 3. The standard InChI is InChI=1S/C24H23Cl/c1-18-8-5-6-13-23(18)24(25,21-11-3-2-4-12-21)22-16-14-20(15-17-22)19-9-7-10-19/h2-6,8,11-17,19H,7,9-10H2,1H3. The van der Waals surface area contributed by atoms with Crippen LogP contribution in [0.4, 0.5) is 0 Å². The molecule has 1 fully saturated rings. The Morgan fingerprint density at radius 3 is 1.96 bits per heavy atom. The number of rotatable bonds is 4. The van der Waals surface area contributed by atoms with Gasteiger partial charge in [-0.3, -0.25) is 0 Å². The Balaban J connectivity index is 1.85. The van der Waals surface area contributed by atoms with Crippen LogP contribution in [-0.2, 0) is 4.87 Å². The second-order valence-corrected chi connectivity index (χ2v) is 7.66. The molecule has 0 bridgehead atoms. The Kier molecular flexibility index (Phi) is 4.39. The van der Waals surface area contributed by atoms with Crippen molar-refractivity contribution in [3.8, 4) is 0 Å². The summed E-state index contributed by atoms with van der Waals surface area (Å²) in [6, 6.07) is 27.8. The highest BCUT2D eigenvalue weighted by atomic mass is 35.5. The second kappa shape index (κ2) is 6.69. The van der Waals surface area contributed by atoms with Crippen LogP contribution in [0.5, 0.6) is 0 Å². The largest absolute Gasteiger partial charge is 0.120 e. The zero-order valence-electron chi connectivity index (χ0n) is 14.6. The maximum Gasteiger partial charge on any atom is 0.120 e. The van der Waals surface area contributed by atoms with Gasteiger partial charge in [0.05, 0.1) is 0 Å². The van der Waals surface area contributed by atoms with Crippen molar-refractivity contribution < 1.29 is 0 Å². The predicted octanol–water partition coefficient (Wildman–Crippen LogP) is 6.79. The normalized spacial score (nSPS) is 16.9. The molecule has 3 aromatic carbocycles. The lowest BCUT2D eigenvalue weighted by Crippen LogP contribution is -2.23. The van der Waals surface area contributed by atoms with Gasteiger partial charge >= 0.3 is 0 Å². The molecule has 1 heteroatoms. The summed E-state index contributed by atoms with van der Waals surface area (Å²) in [6.45, 7) is 2.14. The fourth-order valence-corrected chi connectivity index (χ4v) is 4.30. The Morgan fingerprint density at radius 2 is 1.36 bits per heavy atom. The first-order valence-electron chi connectivity index (χ1n) is 9.10. The van der Waals surface area contributed by atoms with Crippen LogP contribution in [0.15, 0.2) is 78.9 Å². The maximum absolute atomic E-state index is 7.40. The van der Waals surface area contributed by atoms with E-state index in [-0.39, 0.29) is 0 Å². The van der Waals surface area contributed by atoms with E-state index < -0.39 is 4.87 Å². The van der Waals surface area contributed by atoms with Gasteiger partial charge in [-0.05, 0) is 53.5 Å².